The molecule has 1 saturated heterocycles. The molecule has 1 fully saturated rings. The standard InChI is InChI=1S/C23H27N3O2S/c1-24-14-16-25(17-15-24)18-19-9-11-20(12-10-19)21-7-5-13-26(21)22-6-3-4-8-23(22)29(2,27)28/h3-13H,14-18H2,1-2H3. The second kappa shape index (κ2) is 8.14. The van der Waals surface area contributed by atoms with Crippen LogP contribution in [0, 0.1) is 0 Å². The van der Waals surface area contributed by atoms with Crippen molar-refractivity contribution in [2.24, 2.45) is 0 Å². The van der Waals surface area contributed by atoms with Crippen molar-refractivity contribution in [2.75, 3.05) is 39.5 Å². The van der Waals surface area contributed by atoms with Crippen LogP contribution in [0.4, 0.5) is 0 Å². The maximum Gasteiger partial charge on any atom is 0.177 e. The van der Waals surface area contributed by atoms with Gasteiger partial charge in [-0.2, -0.15) is 0 Å². The molecule has 5 nitrogen and oxygen atoms in total. The minimum Gasteiger partial charge on any atom is -0.315 e. The molecule has 2 aromatic carbocycles. The van der Waals surface area contributed by atoms with Gasteiger partial charge in [0.05, 0.1) is 16.3 Å². The number of piperazine rings is 1. The molecule has 0 spiro atoms. The summed E-state index contributed by atoms with van der Waals surface area (Å²) in [4.78, 5) is 5.19. The van der Waals surface area contributed by atoms with Crippen molar-refractivity contribution >= 4 is 9.84 Å². The molecule has 152 valence electrons. The molecule has 0 unspecified atom stereocenters. The van der Waals surface area contributed by atoms with Gasteiger partial charge in [-0.1, -0.05) is 36.4 Å². The van der Waals surface area contributed by atoms with Crippen LogP contribution in [0.5, 0.6) is 0 Å². The fraction of sp³-hybridized carbons (Fsp3) is 0.304. The third-order valence-corrected chi connectivity index (χ3v) is 6.67. The van der Waals surface area contributed by atoms with Crippen LogP contribution in [-0.2, 0) is 16.4 Å². The SMILES string of the molecule is CN1CCN(Cc2ccc(-c3cccn3-c3ccccc3S(C)(=O)=O)cc2)CC1. The van der Waals surface area contributed by atoms with E-state index in [1.165, 1.54) is 11.8 Å². The van der Waals surface area contributed by atoms with Gasteiger partial charge in [0.1, 0.15) is 0 Å². The molecule has 1 aliphatic rings. The van der Waals surface area contributed by atoms with Gasteiger partial charge in [-0.15, -0.1) is 0 Å². The zero-order chi connectivity index (χ0) is 20.4. The van der Waals surface area contributed by atoms with E-state index in [1.807, 2.05) is 35.0 Å². The van der Waals surface area contributed by atoms with Crippen molar-refractivity contribution in [3.63, 3.8) is 0 Å². The summed E-state index contributed by atoms with van der Waals surface area (Å²) >= 11 is 0. The Morgan fingerprint density at radius 2 is 1.55 bits per heavy atom. The summed E-state index contributed by atoms with van der Waals surface area (Å²) in [7, 11) is -1.15. The van der Waals surface area contributed by atoms with Gasteiger partial charge in [-0.3, -0.25) is 4.90 Å². The fourth-order valence-corrected chi connectivity index (χ4v) is 4.71. The van der Waals surface area contributed by atoms with Crippen molar-refractivity contribution in [1.82, 2.24) is 14.4 Å². The number of hydrogen-bond acceptors (Lipinski definition) is 4. The van der Waals surface area contributed by atoms with Crippen molar-refractivity contribution in [3.8, 4) is 16.9 Å². The average molecular weight is 410 g/mol. The molecule has 29 heavy (non-hydrogen) atoms. The van der Waals surface area contributed by atoms with Gasteiger partial charge in [0.25, 0.3) is 0 Å². The quantitative estimate of drug-likeness (QED) is 0.649. The van der Waals surface area contributed by atoms with E-state index in [-0.39, 0.29) is 0 Å². The highest BCUT2D eigenvalue weighted by atomic mass is 32.2. The number of sulfone groups is 1. The Morgan fingerprint density at radius 3 is 2.24 bits per heavy atom. The van der Waals surface area contributed by atoms with E-state index in [4.69, 9.17) is 0 Å². The molecule has 6 heteroatoms. The van der Waals surface area contributed by atoms with Gasteiger partial charge in [0, 0.05) is 45.2 Å². The average Bonchev–Trinajstić information content (AvgIpc) is 3.19. The Morgan fingerprint density at radius 1 is 0.862 bits per heavy atom. The first kappa shape index (κ1) is 19.9. The third kappa shape index (κ3) is 4.45. The zero-order valence-corrected chi connectivity index (χ0v) is 17.8. The van der Waals surface area contributed by atoms with E-state index in [0.29, 0.717) is 10.6 Å². The monoisotopic (exact) mass is 409 g/mol. The summed E-state index contributed by atoms with van der Waals surface area (Å²) in [6, 6.07) is 19.7. The van der Waals surface area contributed by atoms with Crippen LogP contribution in [0.2, 0.25) is 0 Å². The van der Waals surface area contributed by atoms with Crippen molar-refractivity contribution in [2.45, 2.75) is 11.4 Å². The van der Waals surface area contributed by atoms with E-state index < -0.39 is 9.84 Å². The highest BCUT2D eigenvalue weighted by Crippen LogP contribution is 2.28. The molecule has 0 bridgehead atoms. The number of benzene rings is 2. The lowest BCUT2D eigenvalue weighted by atomic mass is 10.1. The van der Waals surface area contributed by atoms with E-state index >= 15 is 0 Å². The minimum atomic E-state index is -3.32. The molecule has 0 aliphatic carbocycles. The normalized spacial score (nSPS) is 16.2. The fourth-order valence-electron chi connectivity index (χ4n) is 3.84. The molecule has 0 N–H and O–H groups in total. The van der Waals surface area contributed by atoms with Crippen LogP contribution in [0.3, 0.4) is 0 Å². The molecule has 0 radical (unpaired) electrons. The molecule has 0 atom stereocenters. The van der Waals surface area contributed by atoms with Crippen molar-refractivity contribution in [3.05, 3.63) is 72.4 Å². The molecule has 1 aromatic heterocycles. The number of hydrogen-bond donors (Lipinski definition) is 0. The lowest BCUT2D eigenvalue weighted by Gasteiger charge is -2.32. The number of para-hydroxylation sites is 1. The second-order valence-corrected chi connectivity index (χ2v) is 9.76. The third-order valence-electron chi connectivity index (χ3n) is 5.52. The van der Waals surface area contributed by atoms with Crippen LogP contribution < -0.4 is 0 Å². The Hall–Kier alpha value is -2.41. The van der Waals surface area contributed by atoms with Crippen LogP contribution in [-0.4, -0.2) is 62.3 Å². The van der Waals surface area contributed by atoms with Gasteiger partial charge < -0.3 is 9.47 Å². The Labute approximate surface area is 173 Å². The van der Waals surface area contributed by atoms with Gasteiger partial charge in [-0.25, -0.2) is 8.42 Å². The molecule has 1 aliphatic heterocycles. The smallest absolute Gasteiger partial charge is 0.177 e. The first-order valence-electron chi connectivity index (χ1n) is 9.89. The number of rotatable bonds is 5. The van der Waals surface area contributed by atoms with E-state index in [1.54, 1.807) is 12.1 Å². The number of aromatic nitrogens is 1. The summed E-state index contributed by atoms with van der Waals surface area (Å²) in [6.45, 7) is 5.40. The Balaban J connectivity index is 1.60. The number of likely N-dealkylation sites (N-methyl/N-ethyl adjacent to an activating group) is 1. The summed E-state index contributed by atoms with van der Waals surface area (Å²) in [5, 5.41) is 0. The van der Waals surface area contributed by atoms with Gasteiger partial charge in [0.2, 0.25) is 0 Å². The minimum absolute atomic E-state index is 0.337. The topological polar surface area (TPSA) is 45.5 Å². The summed E-state index contributed by atoms with van der Waals surface area (Å²) in [5.41, 5.74) is 4.03. The van der Waals surface area contributed by atoms with Gasteiger partial charge in [0.15, 0.2) is 9.84 Å². The molecular formula is C23H27N3O2S. The maximum absolute atomic E-state index is 12.2. The Kier molecular flexibility index (Phi) is 5.58. The van der Waals surface area contributed by atoms with Crippen molar-refractivity contribution in [1.29, 1.82) is 0 Å². The predicted molar refractivity (Wildman–Crippen MR) is 117 cm³/mol. The van der Waals surface area contributed by atoms with E-state index in [0.717, 1.165) is 44.0 Å². The molecule has 0 saturated carbocycles. The van der Waals surface area contributed by atoms with Gasteiger partial charge in [-0.05, 0) is 42.4 Å². The van der Waals surface area contributed by atoms with Crippen LogP contribution in [0.1, 0.15) is 5.56 Å². The number of nitrogens with zero attached hydrogens (tertiary/aromatic N) is 3. The van der Waals surface area contributed by atoms with E-state index in [2.05, 4.69) is 41.1 Å². The summed E-state index contributed by atoms with van der Waals surface area (Å²) < 4.78 is 26.4. The summed E-state index contributed by atoms with van der Waals surface area (Å²) in [6.07, 6.45) is 3.17. The highest BCUT2D eigenvalue weighted by Gasteiger charge is 2.17. The maximum atomic E-state index is 12.2. The largest absolute Gasteiger partial charge is 0.315 e. The van der Waals surface area contributed by atoms with Crippen LogP contribution in [0.25, 0.3) is 16.9 Å². The lowest BCUT2D eigenvalue weighted by molar-refractivity contribution is 0.148. The van der Waals surface area contributed by atoms with Gasteiger partial charge >= 0.3 is 0 Å². The molecular weight excluding hydrogens is 382 g/mol. The van der Waals surface area contributed by atoms with Crippen LogP contribution >= 0.6 is 0 Å². The first-order chi connectivity index (χ1) is 13.9. The first-order valence-corrected chi connectivity index (χ1v) is 11.8. The zero-order valence-electron chi connectivity index (χ0n) is 17.0. The summed E-state index contributed by atoms with van der Waals surface area (Å²) in [5.74, 6) is 0. The molecule has 0 amide bonds. The van der Waals surface area contributed by atoms with Crippen LogP contribution in [0.15, 0.2) is 71.8 Å². The Bertz CT molecular complexity index is 1080. The second-order valence-electron chi connectivity index (χ2n) is 7.78. The molecule has 2 heterocycles. The molecule has 4 rings (SSSR count). The lowest BCUT2D eigenvalue weighted by Crippen LogP contribution is -2.43. The highest BCUT2D eigenvalue weighted by molar-refractivity contribution is 7.90. The molecule has 3 aromatic rings. The predicted octanol–water partition coefficient (Wildman–Crippen LogP) is 3.30. The van der Waals surface area contributed by atoms with Crippen molar-refractivity contribution < 1.29 is 8.42 Å². The van der Waals surface area contributed by atoms with E-state index in [9.17, 15) is 8.42 Å².